The zero-order valence-corrected chi connectivity index (χ0v) is 11.6. The summed E-state index contributed by atoms with van der Waals surface area (Å²) >= 11 is 11.9. The summed E-state index contributed by atoms with van der Waals surface area (Å²) in [5, 5.41) is 7.42. The number of benzene rings is 1. The van der Waals surface area contributed by atoms with Crippen LogP contribution in [0.2, 0.25) is 10.0 Å². The van der Waals surface area contributed by atoms with Gasteiger partial charge in [0, 0.05) is 13.3 Å². The molecule has 0 aliphatic carbocycles. The Hall–Kier alpha value is -1.56. The molecule has 1 aromatic heterocycles. The Morgan fingerprint density at radius 2 is 2.05 bits per heavy atom. The summed E-state index contributed by atoms with van der Waals surface area (Å²) in [5.41, 5.74) is 0.630. The number of amides is 1. The quantitative estimate of drug-likeness (QED) is 0.944. The molecule has 2 rings (SSSR count). The van der Waals surface area contributed by atoms with Crippen LogP contribution in [0, 0.1) is 0 Å². The van der Waals surface area contributed by atoms with E-state index < -0.39 is 0 Å². The first-order valence-electron chi connectivity index (χ1n) is 5.39. The minimum Gasteiger partial charge on any atom is -0.362 e. The average molecular weight is 300 g/mol. The van der Waals surface area contributed by atoms with E-state index in [1.807, 2.05) is 0 Å². The molecule has 0 unspecified atom stereocenters. The third-order valence-corrected chi connectivity index (χ3v) is 2.97. The Balaban J connectivity index is 2.16. The maximum absolute atomic E-state index is 12.0. The molecule has 5 nitrogen and oxygen atoms in total. The Labute approximate surface area is 120 Å². The molecule has 0 radical (unpaired) electrons. The number of ether oxygens (including phenoxy) is 1. The van der Waals surface area contributed by atoms with Gasteiger partial charge in [0.05, 0.1) is 15.7 Å². The van der Waals surface area contributed by atoms with Crippen molar-refractivity contribution in [3.8, 4) is 0 Å². The summed E-state index contributed by atoms with van der Waals surface area (Å²) in [6.07, 6.45) is 1.65. The van der Waals surface area contributed by atoms with Gasteiger partial charge in [-0.2, -0.15) is 5.10 Å². The summed E-state index contributed by atoms with van der Waals surface area (Å²) in [6.45, 7) is 0.278. The predicted octanol–water partition coefficient (Wildman–Crippen LogP) is 3.05. The van der Waals surface area contributed by atoms with Crippen LogP contribution in [0.3, 0.4) is 0 Å². The molecule has 0 aliphatic heterocycles. The Kier molecular flexibility index (Phi) is 4.42. The van der Waals surface area contributed by atoms with Gasteiger partial charge in [0.15, 0.2) is 5.69 Å². The fourth-order valence-electron chi connectivity index (χ4n) is 1.48. The third kappa shape index (κ3) is 3.26. The van der Waals surface area contributed by atoms with Crippen LogP contribution in [-0.4, -0.2) is 22.8 Å². The van der Waals surface area contributed by atoms with Crippen molar-refractivity contribution in [1.29, 1.82) is 0 Å². The van der Waals surface area contributed by atoms with E-state index in [2.05, 4.69) is 10.4 Å². The summed E-state index contributed by atoms with van der Waals surface area (Å²) in [4.78, 5) is 12.0. The molecular formula is C12H11Cl2N3O2. The van der Waals surface area contributed by atoms with Crippen LogP contribution in [0.4, 0.5) is 5.69 Å². The van der Waals surface area contributed by atoms with Gasteiger partial charge in [-0.05, 0) is 18.2 Å². The highest BCUT2D eigenvalue weighted by molar-refractivity contribution is 6.39. The second-order valence-corrected chi connectivity index (χ2v) is 4.52. The van der Waals surface area contributed by atoms with Crippen LogP contribution < -0.4 is 5.32 Å². The lowest BCUT2D eigenvalue weighted by Gasteiger charge is -2.07. The number of rotatable bonds is 4. The van der Waals surface area contributed by atoms with Gasteiger partial charge >= 0.3 is 0 Å². The Morgan fingerprint density at radius 3 is 2.68 bits per heavy atom. The Bertz CT molecular complexity index is 578. The van der Waals surface area contributed by atoms with E-state index in [1.165, 1.54) is 4.68 Å². The minimum atomic E-state index is -0.384. The van der Waals surface area contributed by atoms with Gasteiger partial charge in [-0.25, -0.2) is 4.68 Å². The molecule has 1 amide bonds. The van der Waals surface area contributed by atoms with Crippen molar-refractivity contribution in [2.24, 2.45) is 0 Å². The van der Waals surface area contributed by atoms with Gasteiger partial charge in [0.2, 0.25) is 0 Å². The molecule has 2 aromatic rings. The second kappa shape index (κ2) is 6.06. The topological polar surface area (TPSA) is 56.1 Å². The van der Waals surface area contributed by atoms with Crippen LogP contribution in [0.15, 0.2) is 30.5 Å². The highest BCUT2D eigenvalue weighted by atomic mass is 35.5. The summed E-state index contributed by atoms with van der Waals surface area (Å²) in [5.74, 6) is -0.384. The van der Waals surface area contributed by atoms with Crippen molar-refractivity contribution in [2.45, 2.75) is 6.73 Å². The average Bonchev–Trinajstić information content (AvgIpc) is 2.83. The van der Waals surface area contributed by atoms with Crippen LogP contribution >= 0.6 is 23.2 Å². The van der Waals surface area contributed by atoms with Crippen LogP contribution in [-0.2, 0) is 11.5 Å². The summed E-state index contributed by atoms with van der Waals surface area (Å²) < 4.78 is 6.41. The van der Waals surface area contributed by atoms with Crippen molar-refractivity contribution in [3.63, 3.8) is 0 Å². The van der Waals surface area contributed by atoms with Crippen LogP contribution in [0.25, 0.3) is 0 Å². The van der Waals surface area contributed by atoms with Gasteiger partial charge in [0.25, 0.3) is 5.91 Å². The SMILES string of the molecule is COCn1ccc(C(=O)Nc2c(Cl)cccc2Cl)n1. The normalized spacial score (nSPS) is 10.5. The van der Waals surface area contributed by atoms with E-state index in [0.29, 0.717) is 15.7 Å². The number of carbonyl (C=O) groups excluding carboxylic acids is 1. The van der Waals surface area contributed by atoms with Gasteiger partial charge in [-0.3, -0.25) is 4.79 Å². The van der Waals surface area contributed by atoms with Crippen molar-refractivity contribution in [2.75, 3.05) is 12.4 Å². The fourth-order valence-corrected chi connectivity index (χ4v) is 1.97. The first-order chi connectivity index (χ1) is 9.11. The number of hydrogen-bond donors (Lipinski definition) is 1. The smallest absolute Gasteiger partial charge is 0.276 e. The lowest BCUT2D eigenvalue weighted by Crippen LogP contribution is -2.14. The van der Waals surface area contributed by atoms with Gasteiger partial charge < -0.3 is 10.1 Å². The molecule has 1 N–H and O–H groups in total. The first-order valence-corrected chi connectivity index (χ1v) is 6.15. The van der Waals surface area contributed by atoms with Crippen molar-refractivity contribution in [3.05, 3.63) is 46.2 Å². The van der Waals surface area contributed by atoms with Crippen LogP contribution in [0.5, 0.6) is 0 Å². The lowest BCUT2D eigenvalue weighted by molar-refractivity contribution is 0.101. The first kappa shape index (κ1) is 13.9. The molecule has 19 heavy (non-hydrogen) atoms. The number of nitrogens with one attached hydrogen (secondary N) is 1. The van der Waals surface area contributed by atoms with E-state index in [4.69, 9.17) is 27.9 Å². The van der Waals surface area contributed by atoms with Crippen molar-refractivity contribution < 1.29 is 9.53 Å². The largest absolute Gasteiger partial charge is 0.362 e. The zero-order chi connectivity index (χ0) is 13.8. The minimum absolute atomic E-state index is 0.257. The van der Waals surface area contributed by atoms with Crippen molar-refractivity contribution in [1.82, 2.24) is 9.78 Å². The second-order valence-electron chi connectivity index (χ2n) is 3.71. The maximum atomic E-state index is 12.0. The maximum Gasteiger partial charge on any atom is 0.276 e. The number of methoxy groups -OCH3 is 1. The number of para-hydroxylation sites is 1. The number of halogens is 2. The van der Waals surface area contributed by atoms with E-state index in [1.54, 1.807) is 37.6 Å². The molecule has 0 saturated carbocycles. The summed E-state index contributed by atoms with van der Waals surface area (Å²) in [7, 11) is 1.55. The van der Waals surface area contributed by atoms with E-state index in [9.17, 15) is 4.79 Å². The van der Waals surface area contributed by atoms with Gasteiger partial charge in [-0.1, -0.05) is 29.3 Å². The molecule has 1 heterocycles. The molecule has 100 valence electrons. The molecule has 0 spiro atoms. The van der Waals surface area contributed by atoms with Crippen molar-refractivity contribution >= 4 is 34.8 Å². The van der Waals surface area contributed by atoms with Gasteiger partial charge in [0.1, 0.15) is 6.73 Å². The molecule has 0 bridgehead atoms. The molecule has 0 saturated heterocycles. The van der Waals surface area contributed by atoms with E-state index in [0.717, 1.165) is 0 Å². The molecule has 1 aromatic carbocycles. The fraction of sp³-hybridized carbons (Fsp3) is 0.167. The van der Waals surface area contributed by atoms with Crippen LogP contribution in [0.1, 0.15) is 10.5 Å². The number of hydrogen-bond acceptors (Lipinski definition) is 3. The molecule has 7 heteroatoms. The van der Waals surface area contributed by atoms with Gasteiger partial charge in [-0.15, -0.1) is 0 Å². The molecule has 0 fully saturated rings. The highest BCUT2D eigenvalue weighted by Gasteiger charge is 2.13. The highest BCUT2D eigenvalue weighted by Crippen LogP contribution is 2.29. The number of aromatic nitrogens is 2. The number of nitrogens with zero attached hydrogens (tertiary/aromatic N) is 2. The lowest BCUT2D eigenvalue weighted by atomic mass is 10.3. The van der Waals surface area contributed by atoms with E-state index in [-0.39, 0.29) is 18.3 Å². The van der Waals surface area contributed by atoms with E-state index >= 15 is 0 Å². The predicted molar refractivity (Wildman–Crippen MR) is 73.7 cm³/mol. The molecular weight excluding hydrogens is 289 g/mol. The standard InChI is InChI=1S/C12H11Cl2N3O2/c1-19-7-17-6-5-10(16-17)12(18)15-11-8(13)3-2-4-9(11)14/h2-6H,7H2,1H3,(H,15,18). The monoisotopic (exact) mass is 299 g/mol. The number of carbonyl (C=O) groups is 1. The third-order valence-electron chi connectivity index (χ3n) is 2.34. The molecule has 0 atom stereocenters. The zero-order valence-electron chi connectivity index (χ0n) is 10.1. The molecule has 0 aliphatic rings. The summed E-state index contributed by atoms with van der Waals surface area (Å²) in [6, 6.07) is 6.58. The Morgan fingerprint density at radius 1 is 1.37 bits per heavy atom. The number of anilines is 1.